The highest BCUT2D eigenvalue weighted by Crippen LogP contribution is 2.31. The summed E-state index contributed by atoms with van der Waals surface area (Å²) in [6.45, 7) is 5.59. The van der Waals surface area contributed by atoms with Gasteiger partial charge in [0, 0.05) is 43.5 Å². The number of aliphatic hydroxyl groups excluding tert-OH is 1. The van der Waals surface area contributed by atoms with E-state index in [1.165, 1.54) is 0 Å². The van der Waals surface area contributed by atoms with Gasteiger partial charge in [0.15, 0.2) is 0 Å². The molecule has 3 heterocycles. The second kappa shape index (κ2) is 11.5. The highest BCUT2D eigenvalue weighted by atomic mass is 16.5. The Morgan fingerprint density at radius 3 is 2.64 bits per heavy atom. The van der Waals surface area contributed by atoms with E-state index in [9.17, 15) is 9.90 Å². The summed E-state index contributed by atoms with van der Waals surface area (Å²) in [7, 11) is 3.66. The van der Waals surface area contributed by atoms with Gasteiger partial charge in [0.05, 0.1) is 25.5 Å². The van der Waals surface area contributed by atoms with Gasteiger partial charge in [-0.15, -0.1) is 0 Å². The minimum absolute atomic E-state index is 0.0188. The average molecular weight is 491 g/mol. The topological polar surface area (TPSA) is 88.0 Å². The van der Waals surface area contributed by atoms with E-state index in [1.807, 2.05) is 62.5 Å². The van der Waals surface area contributed by atoms with E-state index in [0.29, 0.717) is 31.1 Å². The van der Waals surface area contributed by atoms with Crippen molar-refractivity contribution >= 4 is 5.91 Å². The molecule has 4 rings (SSSR count). The minimum atomic E-state index is -0.331. The molecule has 0 unspecified atom stereocenters. The first-order valence-electron chi connectivity index (χ1n) is 12.2. The number of aromatic nitrogens is 2. The zero-order chi connectivity index (χ0) is 25.7. The van der Waals surface area contributed by atoms with Crippen molar-refractivity contribution in [2.24, 2.45) is 5.92 Å². The fourth-order valence-corrected chi connectivity index (χ4v) is 4.40. The Morgan fingerprint density at radius 1 is 1.19 bits per heavy atom. The highest BCUT2D eigenvalue weighted by molar-refractivity contribution is 5.98. The zero-order valence-electron chi connectivity index (χ0n) is 21.3. The number of carbonyl (C=O) groups is 1. The monoisotopic (exact) mass is 490 g/mol. The van der Waals surface area contributed by atoms with E-state index in [1.54, 1.807) is 24.4 Å². The molecule has 3 atom stereocenters. The van der Waals surface area contributed by atoms with E-state index in [2.05, 4.69) is 21.8 Å². The van der Waals surface area contributed by atoms with Crippen LogP contribution >= 0.6 is 0 Å². The summed E-state index contributed by atoms with van der Waals surface area (Å²) in [4.78, 5) is 26.6. The summed E-state index contributed by atoms with van der Waals surface area (Å²) in [5, 5.41) is 9.89. The third-order valence-corrected chi connectivity index (χ3v) is 6.59. The third-order valence-electron chi connectivity index (χ3n) is 6.59. The van der Waals surface area contributed by atoms with Crippen LogP contribution in [0.4, 0.5) is 0 Å². The number of pyridine rings is 2. The smallest absolute Gasteiger partial charge is 0.259 e. The summed E-state index contributed by atoms with van der Waals surface area (Å²) >= 11 is 0. The first kappa shape index (κ1) is 25.6. The van der Waals surface area contributed by atoms with Crippen molar-refractivity contribution < 1.29 is 19.4 Å². The van der Waals surface area contributed by atoms with Gasteiger partial charge < -0.3 is 19.5 Å². The number of methoxy groups -OCH3 is 1. The molecular weight excluding hydrogens is 456 g/mol. The molecule has 1 N–H and O–H groups in total. The van der Waals surface area contributed by atoms with Crippen molar-refractivity contribution in [3.8, 4) is 22.8 Å². The summed E-state index contributed by atoms with van der Waals surface area (Å²) in [6.07, 6.45) is 3.31. The van der Waals surface area contributed by atoms with Crippen LogP contribution in [-0.2, 0) is 6.54 Å². The first-order valence-corrected chi connectivity index (χ1v) is 12.2. The molecular formula is C28H34N4O4. The van der Waals surface area contributed by atoms with Crippen molar-refractivity contribution in [2.75, 3.05) is 33.9 Å². The van der Waals surface area contributed by atoms with E-state index < -0.39 is 0 Å². The number of rotatable bonds is 8. The van der Waals surface area contributed by atoms with Gasteiger partial charge >= 0.3 is 0 Å². The molecule has 1 aliphatic rings. The zero-order valence-corrected chi connectivity index (χ0v) is 21.3. The molecule has 2 aromatic heterocycles. The lowest BCUT2D eigenvalue weighted by atomic mass is 9.99. The van der Waals surface area contributed by atoms with Gasteiger partial charge in [-0.2, -0.15) is 0 Å². The fraction of sp³-hybridized carbons (Fsp3) is 0.393. The van der Waals surface area contributed by atoms with Crippen molar-refractivity contribution in [2.45, 2.75) is 32.5 Å². The molecule has 36 heavy (non-hydrogen) atoms. The van der Waals surface area contributed by atoms with Crippen LogP contribution in [-0.4, -0.2) is 76.8 Å². The molecule has 8 heteroatoms. The van der Waals surface area contributed by atoms with Crippen molar-refractivity contribution in [3.05, 3.63) is 72.2 Å². The Balaban J connectivity index is 1.65. The molecule has 0 saturated heterocycles. The number of hydrogen-bond donors (Lipinski definition) is 1. The predicted molar refractivity (Wildman–Crippen MR) is 138 cm³/mol. The number of benzene rings is 1. The molecule has 1 aliphatic heterocycles. The molecule has 0 aliphatic carbocycles. The van der Waals surface area contributed by atoms with Crippen LogP contribution in [0.5, 0.6) is 11.6 Å². The fourth-order valence-electron chi connectivity index (χ4n) is 4.40. The van der Waals surface area contributed by atoms with Gasteiger partial charge in [0.1, 0.15) is 17.4 Å². The van der Waals surface area contributed by atoms with Crippen molar-refractivity contribution in [1.82, 2.24) is 19.8 Å². The number of likely N-dealkylation sites (N-methyl/N-ethyl adjacent to an activating group) is 1. The highest BCUT2D eigenvalue weighted by Gasteiger charge is 2.34. The lowest BCUT2D eigenvalue weighted by Gasteiger charge is -2.37. The maximum Gasteiger partial charge on any atom is 0.259 e. The Kier molecular flexibility index (Phi) is 8.18. The Bertz CT molecular complexity index is 1160. The van der Waals surface area contributed by atoms with Crippen LogP contribution in [0.2, 0.25) is 0 Å². The maximum atomic E-state index is 13.6. The van der Waals surface area contributed by atoms with E-state index in [4.69, 9.17) is 9.47 Å². The largest absolute Gasteiger partial charge is 0.497 e. The molecule has 8 nitrogen and oxygen atoms in total. The van der Waals surface area contributed by atoms with Crippen LogP contribution in [0.1, 0.15) is 29.9 Å². The van der Waals surface area contributed by atoms with Gasteiger partial charge in [0.25, 0.3) is 5.91 Å². The quantitative estimate of drug-likeness (QED) is 0.517. The molecule has 0 saturated carbocycles. The summed E-state index contributed by atoms with van der Waals surface area (Å²) in [5.74, 6) is 0.897. The summed E-state index contributed by atoms with van der Waals surface area (Å²) in [5.41, 5.74) is 3.10. The number of nitrogens with zero attached hydrogens (tertiary/aromatic N) is 4. The van der Waals surface area contributed by atoms with Gasteiger partial charge in [-0.1, -0.05) is 25.1 Å². The van der Waals surface area contributed by atoms with Crippen LogP contribution in [0.3, 0.4) is 0 Å². The summed E-state index contributed by atoms with van der Waals surface area (Å²) < 4.78 is 11.7. The molecule has 1 aromatic carbocycles. The summed E-state index contributed by atoms with van der Waals surface area (Å²) in [6, 6.07) is 15.0. The van der Waals surface area contributed by atoms with Gasteiger partial charge in [-0.3, -0.25) is 14.7 Å². The maximum absolute atomic E-state index is 13.6. The Labute approximate surface area is 212 Å². The number of aliphatic hydroxyl groups is 1. The number of amides is 1. The van der Waals surface area contributed by atoms with Crippen LogP contribution < -0.4 is 9.47 Å². The first-order chi connectivity index (χ1) is 17.4. The van der Waals surface area contributed by atoms with Gasteiger partial charge in [-0.25, -0.2) is 4.98 Å². The van der Waals surface area contributed by atoms with Crippen LogP contribution in [0.25, 0.3) is 11.1 Å². The SMILES string of the molecule is COc1ccc(-c2cnc3c(c2)C(=O)N([C@@H](C)CO)C[C@@H](C)[C@@H](CN(C)Cc2ccccn2)O3)cc1. The van der Waals surface area contributed by atoms with E-state index >= 15 is 0 Å². The predicted octanol–water partition coefficient (Wildman–Crippen LogP) is 3.50. The molecule has 190 valence electrons. The van der Waals surface area contributed by atoms with E-state index in [-0.39, 0.29) is 30.6 Å². The minimum Gasteiger partial charge on any atom is -0.497 e. The van der Waals surface area contributed by atoms with Crippen molar-refractivity contribution in [1.29, 1.82) is 0 Å². The van der Waals surface area contributed by atoms with Gasteiger partial charge in [-0.05, 0) is 49.9 Å². The number of hydrogen-bond acceptors (Lipinski definition) is 7. The standard InChI is InChI=1S/C28H34N4O4/c1-19-15-32(20(2)18-33)28(34)25-13-22(21-8-10-24(35-4)11-9-21)14-30-27(25)36-26(19)17-31(3)16-23-7-5-6-12-29-23/h5-14,19-20,26,33H,15-18H2,1-4H3/t19-,20+,26-/m1/s1. The lowest BCUT2D eigenvalue weighted by molar-refractivity contribution is 0.0324. The third kappa shape index (κ3) is 5.83. The van der Waals surface area contributed by atoms with E-state index in [0.717, 1.165) is 22.6 Å². The Morgan fingerprint density at radius 2 is 1.97 bits per heavy atom. The molecule has 0 spiro atoms. The number of ether oxygens (including phenoxy) is 2. The van der Waals surface area contributed by atoms with Crippen LogP contribution in [0.15, 0.2) is 60.9 Å². The van der Waals surface area contributed by atoms with Crippen molar-refractivity contribution in [3.63, 3.8) is 0 Å². The molecule has 0 radical (unpaired) electrons. The Hall–Kier alpha value is -3.49. The average Bonchev–Trinajstić information content (AvgIpc) is 2.90. The number of fused-ring (bicyclic) bond motifs is 1. The normalized spacial score (nSPS) is 18.7. The molecule has 1 amide bonds. The molecule has 3 aromatic rings. The molecule has 0 bridgehead atoms. The molecule has 0 fully saturated rings. The second-order valence-electron chi connectivity index (χ2n) is 9.45. The van der Waals surface area contributed by atoms with Gasteiger partial charge in [0.2, 0.25) is 5.88 Å². The number of carbonyl (C=O) groups excluding carboxylic acids is 1. The van der Waals surface area contributed by atoms with Crippen LogP contribution in [0, 0.1) is 5.92 Å². The second-order valence-corrected chi connectivity index (χ2v) is 9.45. The lowest BCUT2D eigenvalue weighted by Crippen LogP contribution is -2.49.